The predicted octanol–water partition coefficient (Wildman–Crippen LogP) is 2.81. The maximum Gasteiger partial charge on any atom is 0.163 e. The molecular formula is C18H16N6O. The third kappa shape index (κ3) is 2.19. The van der Waals surface area contributed by atoms with E-state index in [9.17, 15) is 0 Å². The molecule has 0 amide bonds. The van der Waals surface area contributed by atoms with Gasteiger partial charge >= 0.3 is 0 Å². The molecule has 0 fully saturated rings. The van der Waals surface area contributed by atoms with Crippen molar-refractivity contribution in [3.63, 3.8) is 0 Å². The van der Waals surface area contributed by atoms with E-state index in [0.717, 1.165) is 34.1 Å². The van der Waals surface area contributed by atoms with Crippen LogP contribution in [0.2, 0.25) is 0 Å². The molecule has 124 valence electrons. The highest BCUT2D eigenvalue weighted by molar-refractivity contribution is 5.84. The van der Waals surface area contributed by atoms with E-state index >= 15 is 0 Å². The van der Waals surface area contributed by atoms with Crippen molar-refractivity contribution in [2.45, 2.75) is 0 Å². The van der Waals surface area contributed by atoms with Gasteiger partial charge in [-0.2, -0.15) is 5.26 Å². The zero-order valence-corrected chi connectivity index (χ0v) is 14.1. The maximum atomic E-state index is 9.11. The number of methoxy groups -OCH3 is 1. The van der Waals surface area contributed by atoms with Gasteiger partial charge in [0.2, 0.25) is 0 Å². The minimum atomic E-state index is 0.571. The number of rotatable bonds is 3. The summed E-state index contributed by atoms with van der Waals surface area (Å²) in [6.45, 7) is 0. The number of hydrogen-bond acceptors (Lipinski definition) is 5. The number of aryl methyl sites for hydroxylation is 1. The molecule has 25 heavy (non-hydrogen) atoms. The molecule has 0 aliphatic carbocycles. The summed E-state index contributed by atoms with van der Waals surface area (Å²) in [4.78, 5) is 9.43. The predicted molar refractivity (Wildman–Crippen MR) is 95.7 cm³/mol. The van der Waals surface area contributed by atoms with E-state index in [0.29, 0.717) is 11.2 Å². The van der Waals surface area contributed by atoms with Gasteiger partial charge in [0, 0.05) is 26.4 Å². The smallest absolute Gasteiger partial charge is 0.163 e. The second-order valence-corrected chi connectivity index (χ2v) is 5.66. The van der Waals surface area contributed by atoms with E-state index in [2.05, 4.69) is 11.4 Å². The zero-order valence-electron chi connectivity index (χ0n) is 14.1. The number of pyridine rings is 1. The molecule has 1 N–H and O–H groups in total. The summed E-state index contributed by atoms with van der Waals surface area (Å²) < 4.78 is 9.21. The highest BCUT2D eigenvalue weighted by Crippen LogP contribution is 2.31. The van der Waals surface area contributed by atoms with E-state index in [1.165, 1.54) is 0 Å². The molecule has 0 atom stereocenters. The maximum absolute atomic E-state index is 9.11. The fourth-order valence-corrected chi connectivity index (χ4v) is 3.02. The number of fused-ring (bicyclic) bond motifs is 2. The molecule has 4 rings (SSSR count). The first-order chi connectivity index (χ1) is 12.2. The molecular weight excluding hydrogens is 316 g/mol. The van der Waals surface area contributed by atoms with Crippen LogP contribution in [0.3, 0.4) is 0 Å². The Hall–Kier alpha value is -3.53. The fourth-order valence-electron chi connectivity index (χ4n) is 3.02. The molecule has 0 saturated carbocycles. The van der Waals surface area contributed by atoms with Gasteiger partial charge in [-0.1, -0.05) is 0 Å². The molecule has 0 unspecified atom stereocenters. The number of anilines is 1. The van der Waals surface area contributed by atoms with Crippen molar-refractivity contribution in [2.24, 2.45) is 7.05 Å². The Morgan fingerprint density at radius 2 is 2.04 bits per heavy atom. The first kappa shape index (κ1) is 15.0. The number of ether oxygens (including phenoxy) is 1. The van der Waals surface area contributed by atoms with Crippen LogP contribution in [0.25, 0.3) is 28.2 Å². The van der Waals surface area contributed by atoms with Gasteiger partial charge in [-0.3, -0.25) is 4.40 Å². The van der Waals surface area contributed by atoms with E-state index in [1.54, 1.807) is 19.2 Å². The molecule has 0 bridgehead atoms. The normalized spacial score (nSPS) is 11.0. The van der Waals surface area contributed by atoms with Crippen molar-refractivity contribution < 1.29 is 4.74 Å². The van der Waals surface area contributed by atoms with Gasteiger partial charge in [-0.25, -0.2) is 9.97 Å². The number of imidazole rings is 2. The van der Waals surface area contributed by atoms with Gasteiger partial charge in [0.1, 0.15) is 22.9 Å². The molecule has 7 heteroatoms. The minimum absolute atomic E-state index is 0.571. The zero-order chi connectivity index (χ0) is 17.6. The summed E-state index contributed by atoms with van der Waals surface area (Å²) in [6.07, 6.45) is 1.84. The lowest BCUT2D eigenvalue weighted by molar-refractivity contribution is 0.415. The summed E-state index contributed by atoms with van der Waals surface area (Å²) in [6, 6.07) is 11.4. The first-order valence-corrected chi connectivity index (χ1v) is 7.77. The summed E-state index contributed by atoms with van der Waals surface area (Å²) in [7, 11) is 5.44. The van der Waals surface area contributed by atoms with Crippen LogP contribution in [0.15, 0.2) is 36.5 Å². The molecule has 4 aromatic rings. The molecule has 0 radical (unpaired) electrons. The molecule has 7 nitrogen and oxygen atoms in total. The Bertz CT molecular complexity index is 1150. The molecule has 0 aliphatic rings. The highest BCUT2D eigenvalue weighted by Gasteiger charge is 2.19. The van der Waals surface area contributed by atoms with Crippen molar-refractivity contribution in [2.75, 3.05) is 19.5 Å². The Morgan fingerprint density at radius 3 is 2.76 bits per heavy atom. The third-order valence-corrected chi connectivity index (χ3v) is 4.29. The van der Waals surface area contributed by atoms with Crippen LogP contribution >= 0.6 is 0 Å². The largest absolute Gasteiger partial charge is 0.497 e. The Kier molecular flexibility index (Phi) is 3.32. The summed E-state index contributed by atoms with van der Waals surface area (Å²) in [5.74, 6) is 2.35. The topological polar surface area (TPSA) is 80.2 Å². The highest BCUT2D eigenvalue weighted by atomic mass is 16.5. The number of nitriles is 1. The van der Waals surface area contributed by atoms with E-state index in [1.807, 2.05) is 47.5 Å². The van der Waals surface area contributed by atoms with Crippen LogP contribution in [0, 0.1) is 11.3 Å². The molecule has 0 saturated heterocycles. The minimum Gasteiger partial charge on any atom is -0.497 e. The lowest BCUT2D eigenvalue weighted by Crippen LogP contribution is -1.99. The summed E-state index contributed by atoms with van der Waals surface area (Å²) in [5, 5.41) is 12.3. The summed E-state index contributed by atoms with van der Waals surface area (Å²) >= 11 is 0. The molecule has 0 spiro atoms. The number of aromatic nitrogens is 4. The van der Waals surface area contributed by atoms with Crippen LogP contribution in [-0.4, -0.2) is 33.1 Å². The molecule has 0 aliphatic heterocycles. The van der Waals surface area contributed by atoms with Crippen LogP contribution < -0.4 is 10.1 Å². The van der Waals surface area contributed by atoms with Crippen molar-refractivity contribution in [1.82, 2.24) is 18.9 Å². The Morgan fingerprint density at radius 1 is 1.20 bits per heavy atom. The van der Waals surface area contributed by atoms with Crippen molar-refractivity contribution in [1.29, 1.82) is 5.26 Å². The van der Waals surface area contributed by atoms with E-state index < -0.39 is 0 Å². The van der Waals surface area contributed by atoms with Crippen molar-refractivity contribution >= 4 is 22.5 Å². The van der Waals surface area contributed by atoms with Gasteiger partial charge in [-0.05, 0) is 24.3 Å². The summed E-state index contributed by atoms with van der Waals surface area (Å²) in [5.41, 5.74) is 3.83. The fraction of sp³-hybridized carbons (Fsp3) is 0.167. The van der Waals surface area contributed by atoms with Crippen LogP contribution in [0.1, 0.15) is 5.56 Å². The van der Waals surface area contributed by atoms with Crippen LogP contribution in [0.5, 0.6) is 5.75 Å². The average molecular weight is 332 g/mol. The van der Waals surface area contributed by atoms with Gasteiger partial charge in [0.15, 0.2) is 5.82 Å². The van der Waals surface area contributed by atoms with Crippen LogP contribution in [-0.2, 0) is 7.05 Å². The number of nitrogens with one attached hydrogen (secondary N) is 1. The number of hydrogen-bond donors (Lipinski definition) is 1. The molecule has 3 heterocycles. The Balaban J connectivity index is 1.99. The lowest BCUT2D eigenvalue weighted by Gasteiger charge is -2.04. The monoisotopic (exact) mass is 332 g/mol. The second kappa shape index (κ2) is 5.53. The third-order valence-electron chi connectivity index (χ3n) is 4.29. The molecule has 1 aromatic carbocycles. The molecule has 3 aromatic heterocycles. The van der Waals surface area contributed by atoms with Gasteiger partial charge in [0.05, 0.1) is 29.8 Å². The van der Waals surface area contributed by atoms with Gasteiger partial charge in [-0.15, -0.1) is 0 Å². The number of benzene rings is 1. The lowest BCUT2D eigenvalue weighted by atomic mass is 10.3. The second-order valence-electron chi connectivity index (χ2n) is 5.66. The first-order valence-electron chi connectivity index (χ1n) is 7.77. The van der Waals surface area contributed by atoms with Crippen LogP contribution in [0.4, 0.5) is 5.82 Å². The van der Waals surface area contributed by atoms with Gasteiger partial charge in [0.25, 0.3) is 0 Å². The van der Waals surface area contributed by atoms with Crippen molar-refractivity contribution in [3.8, 4) is 23.3 Å². The number of nitrogens with zero attached hydrogens (tertiary/aromatic N) is 5. The van der Waals surface area contributed by atoms with E-state index in [-0.39, 0.29) is 0 Å². The Labute approximate surface area is 144 Å². The standard InChI is InChI=1S/C18H16N6O/c1-20-17-16(22-15-8-11(10-19)6-7-24(15)17)18-21-13-5-4-12(25-3)9-14(13)23(18)2/h4-9,20H,1-3H3. The quantitative estimate of drug-likeness (QED) is 0.624. The van der Waals surface area contributed by atoms with E-state index in [4.69, 9.17) is 20.0 Å². The average Bonchev–Trinajstić information content (AvgIpc) is 3.17. The van der Waals surface area contributed by atoms with Crippen molar-refractivity contribution in [3.05, 3.63) is 42.1 Å². The SMILES string of the molecule is CNc1c(-c2nc3ccc(OC)cc3n2C)nc2cc(C#N)ccn12. The van der Waals surface area contributed by atoms with Gasteiger partial charge < -0.3 is 14.6 Å².